The van der Waals surface area contributed by atoms with Gasteiger partial charge in [-0.1, -0.05) is 27.7 Å². The maximum Gasteiger partial charge on any atom is 0.250 e. The molecule has 0 saturated heterocycles. The molecule has 0 aromatic heterocycles. The predicted octanol–water partition coefficient (Wildman–Crippen LogP) is 3.00. The van der Waals surface area contributed by atoms with Crippen LogP contribution in [0.25, 0.3) is 0 Å². The number of aryl methyl sites for hydroxylation is 1. The third kappa shape index (κ3) is 3.59. The third-order valence-corrected chi connectivity index (χ3v) is 8.22. The van der Waals surface area contributed by atoms with Gasteiger partial charge in [0.1, 0.15) is 5.75 Å². The van der Waals surface area contributed by atoms with Crippen molar-refractivity contribution in [3.8, 4) is 5.75 Å². The van der Waals surface area contributed by atoms with Gasteiger partial charge in [0.15, 0.2) is 0 Å². The summed E-state index contributed by atoms with van der Waals surface area (Å²) >= 11 is 0. The van der Waals surface area contributed by atoms with Crippen molar-refractivity contribution in [3.63, 3.8) is 0 Å². The summed E-state index contributed by atoms with van der Waals surface area (Å²) in [6, 6.07) is 5.13. The van der Waals surface area contributed by atoms with Crippen LogP contribution in [0.1, 0.15) is 43.6 Å². The van der Waals surface area contributed by atoms with Crippen LogP contribution < -0.4 is 9.53 Å². The smallest absolute Gasteiger partial charge is 0.250 e. The van der Waals surface area contributed by atoms with Gasteiger partial charge in [-0.3, -0.25) is 0 Å². The Bertz CT molecular complexity index is 473. The molecular formula is C15H23O3Si-. The highest BCUT2D eigenvalue weighted by Gasteiger charge is 2.38. The number of rotatable bonds is 4. The first-order valence-corrected chi connectivity index (χ1v) is 9.52. The van der Waals surface area contributed by atoms with E-state index in [4.69, 9.17) is 4.43 Å². The Morgan fingerprint density at radius 2 is 1.89 bits per heavy atom. The monoisotopic (exact) mass is 279 g/mol. The molecule has 1 rings (SSSR count). The summed E-state index contributed by atoms with van der Waals surface area (Å²) in [5.41, 5.74) is 1.02. The van der Waals surface area contributed by atoms with Gasteiger partial charge in [-0.2, -0.15) is 0 Å². The summed E-state index contributed by atoms with van der Waals surface area (Å²) < 4.78 is 6.17. The highest BCUT2D eigenvalue weighted by molar-refractivity contribution is 6.74. The summed E-state index contributed by atoms with van der Waals surface area (Å²) in [5.74, 6) is -0.371. The molecule has 0 bridgehead atoms. The predicted molar refractivity (Wildman–Crippen MR) is 78.0 cm³/mol. The van der Waals surface area contributed by atoms with Gasteiger partial charge in [-0.15, -0.1) is 0 Å². The number of carboxylic acids is 1. The maximum atomic E-state index is 11.0. The van der Waals surface area contributed by atoms with E-state index in [0.29, 0.717) is 6.42 Å². The van der Waals surface area contributed by atoms with Gasteiger partial charge in [0.25, 0.3) is 0 Å². The molecule has 106 valence electrons. The van der Waals surface area contributed by atoms with Crippen molar-refractivity contribution in [1.82, 2.24) is 0 Å². The minimum Gasteiger partial charge on any atom is -0.545 e. The van der Waals surface area contributed by atoms with Crippen LogP contribution in [0.2, 0.25) is 18.1 Å². The van der Waals surface area contributed by atoms with Crippen LogP contribution in [0.3, 0.4) is 0 Å². The molecule has 0 radical (unpaired) electrons. The highest BCUT2D eigenvalue weighted by Crippen LogP contribution is 2.37. The lowest BCUT2D eigenvalue weighted by molar-refractivity contribution is -0.255. The van der Waals surface area contributed by atoms with E-state index in [1.807, 2.05) is 13.0 Å². The molecule has 1 aromatic rings. The van der Waals surface area contributed by atoms with E-state index in [1.54, 1.807) is 12.1 Å². The molecule has 0 atom stereocenters. The van der Waals surface area contributed by atoms with Crippen LogP contribution in [0.4, 0.5) is 0 Å². The van der Waals surface area contributed by atoms with E-state index < -0.39 is 14.3 Å². The van der Waals surface area contributed by atoms with E-state index in [0.717, 1.165) is 11.3 Å². The molecular weight excluding hydrogens is 256 g/mol. The molecule has 0 aliphatic rings. The molecule has 0 unspecified atom stereocenters. The second-order valence-electron chi connectivity index (χ2n) is 6.32. The van der Waals surface area contributed by atoms with E-state index in [1.165, 1.54) is 0 Å². The summed E-state index contributed by atoms with van der Waals surface area (Å²) in [4.78, 5) is 11.0. The molecule has 0 aliphatic heterocycles. The molecule has 19 heavy (non-hydrogen) atoms. The van der Waals surface area contributed by atoms with Crippen LogP contribution in [-0.2, 0) is 6.42 Å². The van der Waals surface area contributed by atoms with Crippen molar-refractivity contribution in [2.45, 2.75) is 52.2 Å². The van der Waals surface area contributed by atoms with Crippen LogP contribution in [-0.4, -0.2) is 14.3 Å². The minimum atomic E-state index is -1.89. The van der Waals surface area contributed by atoms with Gasteiger partial charge in [0.05, 0.1) is 5.97 Å². The molecule has 3 nitrogen and oxygen atoms in total. The zero-order chi connectivity index (χ0) is 14.8. The van der Waals surface area contributed by atoms with Crippen LogP contribution in [0.5, 0.6) is 5.75 Å². The maximum absolute atomic E-state index is 11.0. The zero-order valence-corrected chi connectivity index (χ0v) is 13.7. The lowest BCUT2D eigenvalue weighted by Crippen LogP contribution is -2.43. The summed E-state index contributed by atoms with van der Waals surface area (Å²) in [6.07, 6.45) is 0.651. The fourth-order valence-electron chi connectivity index (χ4n) is 1.57. The van der Waals surface area contributed by atoms with Crippen molar-refractivity contribution in [2.24, 2.45) is 0 Å². The van der Waals surface area contributed by atoms with Gasteiger partial charge in [-0.25, -0.2) is 0 Å². The zero-order valence-electron chi connectivity index (χ0n) is 12.7. The van der Waals surface area contributed by atoms with Crippen molar-refractivity contribution in [1.29, 1.82) is 0 Å². The van der Waals surface area contributed by atoms with Crippen molar-refractivity contribution in [2.75, 3.05) is 0 Å². The number of carboxylic acid groups (broad SMARTS) is 1. The first-order chi connectivity index (χ1) is 8.58. The number of hydrogen-bond donors (Lipinski definition) is 0. The summed E-state index contributed by atoms with van der Waals surface area (Å²) in [5, 5.41) is 11.1. The largest absolute Gasteiger partial charge is 0.545 e. The Morgan fingerprint density at radius 3 is 2.32 bits per heavy atom. The SMILES string of the molecule is CCc1cc(O[Si](C)(C)C(C)(C)C)ccc1C(=O)[O-]. The molecule has 0 N–H and O–H groups in total. The minimum absolute atomic E-state index is 0.117. The van der Waals surface area contributed by atoms with E-state index in [2.05, 4.69) is 33.9 Å². The lowest BCUT2D eigenvalue weighted by atomic mass is 10.1. The van der Waals surface area contributed by atoms with Gasteiger partial charge < -0.3 is 14.3 Å². The Morgan fingerprint density at radius 1 is 1.32 bits per heavy atom. The van der Waals surface area contributed by atoms with E-state index >= 15 is 0 Å². The van der Waals surface area contributed by atoms with Crippen LogP contribution >= 0.6 is 0 Å². The normalized spacial score (nSPS) is 12.3. The molecule has 0 heterocycles. The average Bonchev–Trinajstić information content (AvgIpc) is 2.26. The van der Waals surface area contributed by atoms with Gasteiger partial charge in [0, 0.05) is 5.56 Å². The molecule has 0 spiro atoms. The fraction of sp³-hybridized carbons (Fsp3) is 0.533. The first-order valence-electron chi connectivity index (χ1n) is 6.62. The topological polar surface area (TPSA) is 49.4 Å². The summed E-state index contributed by atoms with van der Waals surface area (Å²) in [7, 11) is -1.89. The third-order valence-electron chi connectivity index (χ3n) is 3.86. The van der Waals surface area contributed by atoms with Gasteiger partial charge >= 0.3 is 0 Å². The molecule has 1 aromatic carbocycles. The van der Waals surface area contributed by atoms with Crippen molar-refractivity contribution < 1.29 is 14.3 Å². The first kappa shape index (κ1) is 15.8. The Balaban J connectivity index is 3.08. The second kappa shape index (κ2) is 5.37. The lowest BCUT2D eigenvalue weighted by Gasteiger charge is -2.36. The van der Waals surface area contributed by atoms with Crippen molar-refractivity contribution in [3.05, 3.63) is 29.3 Å². The number of carbonyl (C=O) groups excluding carboxylic acids is 1. The van der Waals surface area contributed by atoms with Crippen LogP contribution in [0.15, 0.2) is 18.2 Å². The second-order valence-corrected chi connectivity index (χ2v) is 11.0. The number of hydrogen-bond acceptors (Lipinski definition) is 3. The molecule has 0 amide bonds. The van der Waals surface area contributed by atoms with Crippen LogP contribution in [0, 0.1) is 0 Å². The van der Waals surface area contributed by atoms with E-state index in [-0.39, 0.29) is 10.6 Å². The van der Waals surface area contributed by atoms with Crippen molar-refractivity contribution >= 4 is 14.3 Å². The molecule has 4 heteroatoms. The summed E-state index contributed by atoms with van der Waals surface area (Å²) in [6.45, 7) is 12.8. The quantitative estimate of drug-likeness (QED) is 0.796. The Kier molecular flexibility index (Phi) is 4.45. The molecule has 0 aliphatic carbocycles. The van der Waals surface area contributed by atoms with Gasteiger partial charge in [-0.05, 0) is 48.3 Å². The number of benzene rings is 1. The van der Waals surface area contributed by atoms with Gasteiger partial charge in [0.2, 0.25) is 8.32 Å². The number of aromatic carboxylic acids is 1. The Hall–Kier alpha value is -1.29. The molecule has 0 saturated carbocycles. The van der Waals surface area contributed by atoms with E-state index in [9.17, 15) is 9.90 Å². The fourth-order valence-corrected chi connectivity index (χ4v) is 2.60. The average molecular weight is 279 g/mol. The molecule has 0 fully saturated rings. The Labute approximate surface area is 116 Å². The number of carbonyl (C=O) groups is 1. The highest BCUT2D eigenvalue weighted by atomic mass is 28.4. The standard InChI is InChI=1S/C15H24O3Si/c1-7-11-10-12(8-9-13(11)14(16)17)18-19(5,6)15(2,3)4/h8-10H,7H2,1-6H3,(H,16,17)/p-1.